The molecule has 3 heteroatoms. The number of hydrogen-bond acceptors (Lipinski definition) is 2. The molecule has 0 amide bonds. The van der Waals surface area contributed by atoms with Crippen LogP contribution in [0.2, 0.25) is 0 Å². The quantitative estimate of drug-likeness (QED) is 0.188. The zero-order valence-corrected chi connectivity index (χ0v) is 27.9. The number of allylic oxidation sites excluding steroid dienone is 5. The maximum atomic E-state index is 12.5. The van der Waals surface area contributed by atoms with Gasteiger partial charge in [0.2, 0.25) is 7.49 Å². The van der Waals surface area contributed by atoms with Gasteiger partial charge in [0.25, 0.3) is 0 Å². The molecular formula is C46H34O2P+. The summed E-state index contributed by atoms with van der Waals surface area (Å²) in [6, 6.07) is 48.6. The van der Waals surface area contributed by atoms with Crippen LogP contribution in [-0.4, -0.2) is 4.89 Å². The number of rotatable bonds is 5. The fourth-order valence-electron chi connectivity index (χ4n) is 8.49. The lowest BCUT2D eigenvalue weighted by atomic mass is 9.82. The van der Waals surface area contributed by atoms with Crippen LogP contribution in [0.4, 0.5) is 0 Å². The van der Waals surface area contributed by atoms with Gasteiger partial charge in [0.05, 0.1) is 0 Å². The van der Waals surface area contributed by atoms with Gasteiger partial charge in [-0.3, -0.25) is 0 Å². The highest BCUT2D eigenvalue weighted by molar-refractivity contribution is 7.91. The van der Waals surface area contributed by atoms with Crippen molar-refractivity contribution in [3.63, 3.8) is 0 Å². The highest BCUT2D eigenvalue weighted by Gasteiger charge is 2.44. The summed E-state index contributed by atoms with van der Waals surface area (Å²) in [6.07, 6.45) is 10.2. The molecule has 0 saturated carbocycles. The van der Waals surface area contributed by atoms with E-state index in [4.69, 9.17) is 4.42 Å². The smallest absolute Gasteiger partial charge is 0.238 e. The van der Waals surface area contributed by atoms with Crippen molar-refractivity contribution in [1.82, 2.24) is 0 Å². The molecule has 1 atom stereocenters. The Hall–Kier alpha value is -5.27. The Morgan fingerprint density at radius 2 is 1.31 bits per heavy atom. The third-order valence-corrected chi connectivity index (χ3v) is 14.0. The molecule has 0 bridgehead atoms. The Labute approximate surface area is 286 Å². The van der Waals surface area contributed by atoms with Crippen molar-refractivity contribution in [3.05, 3.63) is 180 Å². The molecule has 6 aromatic carbocycles. The van der Waals surface area contributed by atoms with Gasteiger partial charge in [0, 0.05) is 22.3 Å². The summed E-state index contributed by atoms with van der Waals surface area (Å²) >= 11 is 0. The Morgan fingerprint density at radius 1 is 0.612 bits per heavy atom. The van der Waals surface area contributed by atoms with Crippen molar-refractivity contribution in [3.8, 4) is 11.1 Å². The molecule has 0 saturated heterocycles. The molecule has 1 unspecified atom stereocenters. The van der Waals surface area contributed by atoms with E-state index in [-0.39, 0.29) is 0 Å². The SMILES string of the molecule is O[P+](c1ccccc1)(c1ccccc1)c1cccc(-c2ccc(C3=CC4=C(CC3)c3cc5c(oc6ccccc65)c5c3C4CC=C5)cc2)c1. The van der Waals surface area contributed by atoms with E-state index < -0.39 is 7.49 Å². The summed E-state index contributed by atoms with van der Waals surface area (Å²) in [6.45, 7) is 0. The van der Waals surface area contributed by atoms with Crippen LogP contribution in [0.3, 0.4) is 0 Å². The van der Waals surface area contributed by atoms with Gasteiger partial charge in [0.15, 0.2) is 0 Å². The summed E-state index contributed by atoms with van der Waals surface area (Å²) < 4.78 is 6.45. The molecule has 1 aromatic heterocycles. The first-order valence-corrected chi connectivity index (χ1v) is 18.9. The van der Waals surface area contributed by atoms with Gasteiger partial charge in [-0.25, -0.2) is 4.89 Å². The van der Waals surface area contributed by atoms with Crippen molar-refractivity contribution in [2.24, 2.45) is 0 Å². The lowest BCUT2D eigenvalue weighted by Crippen LogP contribution is -2.30. The second-order valence-corrected chi connectivity index (χ2v) is 16.3. The van der Waals surface area contributed by atoms with Gasteiger partial charge >= 0.3 is 0 Å². The summed E-state index contributed by atoms with van der Waals surface area (Å²) in [4.78, 5) is 12.5. The largest absolute Gasteiger partial charge is 0.455 e. The van der Waals surface area contributed by atoms with Crippen LogP contribution in [0.25, 0.3) is 50.3 Å². The Balaban J connectivity index is 0.998. The molecule has 0 fully saturated rings. The first-order chi connectivity index (χ1) is 24.2. The molecule has 1 heterocycles. The molecular weight excluding hydrogens is 615 g/mol. The summed E-state index contributed by atoms with van der Waals surface area (Å²) in [5, 5.41) is 5.31. The molecule has 7 aromatic rings. The van der Waals surface area contributed by atoms with Crippen molar-refractivity contribution in [2.45, 2.75) is 25.2 Å². The lowest BCUT2D eigenvalue weighted by molar-refractivity contribution is 0.633. The zero-order valence-electron chi connectivity index (χ0n) is 27.0. The Kier molecular flexibility index (Phi) is 6.53. The minimum atomic E-state index is -2.80. The molecule has 0 aliphatic heterocycles. The van der Waals surface area contributed by atoms with E-state index in [1.54, 1.807) is 0 Å². The molecule has 49 heavy (non-hydrogen) atoms. The second-order valence-electron chi connectivity index (χ2n) is 13.5. The van der Waals surface area contributed by atoms with Crippen LogP contribution in [-0.2, 0) is 0 Å². The third kappa shape index (κ3) is 4.41. The first kappa shape index (κ1) is 28.7. The van der Waals surface area contributed by atoms with Crippen molar-refractivity contribution < 1.29 is 9.31 Å². The van der Waals surface area contributed by atoms with E-state index >= 15 is 0 Å². The molecule has 0 spiro atoms. The number of benzene rings is 6. The van der Waals surface area contributed by atoms with Gasteiger partial charge in [-0.15, -0.1) is 0 Å². The van der Waals surface area contributed by atoms with E-state index in [1.807, 2.05) is 60.7 Å². The number of fused-ring (bicyclic) bond motifs is 6. The zero-order chi connectivity index (χ0) is 32.5. The van der Waals surface area contributed by atoms with Gasteiger partial charge in [-0.05, 0) is 112 Å². The average Bonchev–Trinajstić information content (AvgIpc) is 3.72. The third-order valence-electron chi connectivity index (χ3n) is 10.8. The summed E-state index contributed by atoms with van der Waals surface area (Å²) in [5.41, 5.74) is 14.1. The molecule has 1 N–H and O–H groups in total. The predicted molar refractivity (Wildman–Crippen MR) is 207 cm³/mol. The van der Waals surface area contributed by atoms with Gasteiger partial charge in [-0.2, -0.15) is 0 Å². The van der Waals surface area contributed by atoms with Crippen LogP contribution < -0.4 is 15.9 Å². The van der Waals surface area contributed by atoms with Crippen molar-refractivity contribution in [2.75, 3.05) is 0 Å². The number of furan rings is 1. The molecule has 3 aliphatic rings. The van der Waals surface area contributed by atoms with Crippen LogP contribution in [0.15, 0.2) is 162 Å². The van der Waals surface area contributed by atoms with E-state index in [0.717, 1.165) is 57.5 Å². The first-order valence-electron chi connectivity index (χ1n) is 17.2. The Morgan fingerprint density at radius 3 is 2.08 bits per heavy atom. The predicted octanol–water partition coefficient (Wildman–Crippen LogP) is 10.6. The summed E-state index contributed by atoms with van der Waals surface area (Å²) in [7, 11) is -2.80. The van der Waals surface area contributed by atoms with E-state index in [2.05, 4.69) is 97.1 Å². The highest BCUT2D eigenvalue weighted by atomic mass is 31.2. The van der Waals surface area contributed by atoms with Crippen LogP contribution in [0, 0.1) is 0 Å². The minimum absolute atomic E-state index is 0.385. The molecule has 3 aliphatic carbocycles. The lowest BCUT2D eigenvalue weighted by Gasteiger charge is -2.22. The molecule has 10 rings (SSSR count). The van der Waals surface area contributed by atoms with Crippen molar-refractivity contribution >= 4 is 62.6 Å². The molecule has 0 radical (unpaired) electrons. The maximum absolute atomic E-state index is 12.5. The molecule has 2 nitrogen and oxygen atoms in total. The maximum Gasteiger partial charge on any atom is 0.238 e. The number of hydrogen-bond donors (Lipinski definition) is 1. The topological polar surface area (TPSA) is 33.4 Å². The fourth-order valence-corrected chi connectivity index (χ4v) is 11.2. The monoisotopic (exact) mass is 649 g/mol. The highest BCUT2D eigenvalue weighted by Crippen LogP contribution is 2.55. The minimum Gasteiger partial charge on any atom is -0.455 e. The summed E-state index contributed by atoms with van der Waals surface area (Å²) in [5.74, 6) is 0.385. The normalized spacial score (nSPS) is 16.6. The second kappa shape index (κ2) is 11.1. The van der Waals surface area contributed by atoms with Gasteiger partial charge in [0.1, 0.15) is 27.1 Å². The molecule has 234 valence electrons. The van der Waals surface area contributed by atoms with Crippen LogP contribution in [0.5, 0.6) is 0 Å². The number of para-hydroxylation sites is 1. The fraction of sp³-hybridized carbons (Fsp3) is 0.0870. The van der Waals surface area contributed by atoms with Gasteiger partial charge < -0.3 is 4.42 Å². The average molecular weight is 650 g/mol. The van der Waals surface area contributed by atoms with Gasteiger partial charge in [-0.1, -0.05) is 109 Å². The standard InChI is InChI=1S/C46H34O2P/c47-49(34-12-3-1-4-13-34,35-14-5-2-6-15-35)36-16-9-11-32(27-36)30-21-23-31(24-22-30)33-25-26-37-41(28-33)39-18-10-19-40-45(39)42(37)29-43-38-17-7-8-20-44(38)48-46(40)43/h1-17,19-24,27-29,39,47H,18,25-26H2/q+1. The van der Waals surface area contributed by atoms with Crippen LogP contribution >= 0.6 is 7.49 Å². The van der Waals surface area contributed by atoms with E-state index in [0.29, 0.717) is 5.92 Å². The van der Waals surface area contributed by atoms with Crippen LogP contribution in [0.1, 0.15) is 47.4 Å². The van der Waals surface area contributed by atoms with E-state index in [1.165, 1.54) is 49.7 Å². The van der Waals surface area contributed by atoms with Crippen molar-refractivity contribution in [1.29, 1.82) is 0 Å². The Bertz CT molecular complexity index is 2480. The van der Waals surface area contributed by atoms with E-state index in [9.17, 15) is 4.89 Å².